The number of benzene rings is 3. The minimum atomic E-state index is -0.967. The highest BCUT2D eigenvalue weighted by molar-refractivity contribution is 8.00. The molecule has 8 rings (SSSR count). The van der Waals surface area contributed by atoms with Gasteiger partial charge in [0.05, 0.1) is 16.9 Å². The number of nitrogens with one attached hydrogen (secondary N) is 2. The van der Waals surface area contributed by atoms with Gasteiger partial charge in [0.25, 0.3) is 5.91 Å². The van der Waals surface area contributed by atoms with Crippen LogP contribution in [0.2, 0.25) is 5.02 Å². The Balaban J connectivity index is 1.09. The number of rotatable bonds is 9. The van der Waals surface area contributed by atoms with E-state index in [9.17, 15) is 24.0 Å². The van der Waals surface area contributed by atoms with Gasteiger partial charge in [0.1, 0.15) is 5.75 Å². The summed E-state index contributed by atoms with van der Waals surface area (Å²) >= 11 is 9.27. The van der Waals surface area contributed by atoms with E-state index in [0.29, 0.717) is 22.9 Å². The maximum atomic E-state index is 13.8. The number of ether oxygens (including phenoxy) is 1. The van der Waals surface area contributed by atoms with Crippen LogP contribution in [0.15, 0.2) is 70.5 Å². The molecule has 1 saturated heterocycles. The number of aromatic amines is 1. The maximum Gasteiger partial charge on any atom is 0.305 e. The van der Waals surface area contributed by atoms with Crippen LogP contribution in [0.1, 0.15) is 35.6 Å². The second-order valence-corrected chi connectivity index (χ2v) is 15.5. The van der Waals surface area contributed by atoms with Crippen molar-refractivity contribution in [2.75, 3.05) is 18.5 Å². The number of aliphatic carboxylic acids is 1. The number of thioether (sulfide) groups is 1. The van der Waals surface area contributed by atoms with Crippen molar-refractivity contribution >= 4 is 74.9 Å². The fourth-order valence-electron chi connectivity index (χ4n) is 8.54. The molecule has 1 aromatic heterocycles. The molecule has 0 radical (unpaired) electrons. The van der Waals surface area contributed by atoms with E-state index < -0.39 is 17.8 Å². The highest BCUT2D eigenvalue weighted by atomic mass is 35.5. The topological polar surface area (TPSA) is 146 Å². The first-order chi connectivity index (χ1) is 23.2. The molecule has 4 aromatic rings. The number of amides is 3. The molecule has 6 unspecified atom stereocenters. The highest BCUT2D eigenvalue weighted by Gasteiger charge is 2.69. The van der Waals surface area contributed by atoms with Gasteiger partial charge in [0.2, 0.25) is 11.8 Å². The Morgan fingerprint density at radius 3 is 2.56 bits per heavy atom. The summed E-state index contributed by atoms with van der Waals surface area (Å²) in [5.74, 6) is -2.90. The highest BCUT2D eigenvalue weighted by Crippen LogP contribution is 2.69. The first-order valence-electron chi connectivity index (χ1n) is 15.9. The van der Waals surface area contributed by atoms with Gasteiger partial charge in [0.15, 0.2) is 6.61 Å². The number of carbonyl (C=O) groups is 4. The molecule has 2 saturated carbocycles. The maximum absolute atomic E-state index is 13.8. The Morgan fingerprint density at radius 1 is 1.00 bits per heavy atom. The van der Waals surface area contributed by atoms with Crippen LogP contribution in [0.4, 0.5) is 5.69 Å². The summed E-state index contributed by atoms with van der Waals surface area (Å²) in [6, 6.07) is 18.8. The van der Waals surface area contributed by atoms with Crippen molar-refractivity contribution in [1.29, 1.82) is 0 Å². The van der Waals surface area contributed by atoms with E-state index in [1.807, 2.05) is 48.5 Å². The quantitative estimate of drug-likeness (QED) is 0.191. The standard InChI is InChI=1S/C35H30ClN3O7S2/c36-18-8-10-23(46-15-24(40)37-19-9-7-16-4-1-2-5-17(16)12-19)20(13-18)26-27-21-14-22(30(27)47-32-31(26)48-35(45)38-32)29-28(21)33(43)39(34(29)44)11-3-6-25(41)42/h1-2,4-5,7-10,12-13,21-22,26-30H,3,6,11,14-15H2,(H,37,40)(H,38,45)(H,41,42)/t21?,22?,26-,27?,28?,29?,30?/m1/s1. The molecule has 2 aliphatic carbocycles. The van der Waals surface area contributed by atoms with Gasteiger partial charge in [-0.15, -0.1) is 11.8 Å². The largest absolute Gasteiger partial charge is 0.483 e. The minimum Gasteiger partial charge on any atom is -0.483 e. The van der Waals surface area contributed by atoms with Gasteiger partial charge >= 0.3 is 10.8 Å². The smallest absolute Gasteiger partial charge is 0.305 e. The summed E-state index contributed by atoms with van der Waals surface area (Å²) in [4.78, 5) is 69.2. The molecule has 3 fully saturated rings. The molecule has 3 heterocycles. The van der Waals surface area contributed by atoms with Crippen LogP contribution in [0.25, 0.3) is 10.8 Å². The Hall–Kier alpha value is -4.13. The van der Waals surface area contributed by atoms with E-state index in [1.54, 1.807) is 23.9 Å². The average Bonchev–Trinajstić information content (AvgIpc) is 3.80. The summed E-state index contributed by atoms with van der Waals surface area (Å²) in [6.45, 7) is -0.168. The Kier molecular flexibility index (Phi) is 7.84. The average molecular weight is 704 g/mol. The Labute approximate surface area is 287 Å². The van der Waals surface area contributed by atoms with Gasteiger partial charge < -0.3 is 20.1 Å². The third-order valence-electron chi connectivity index (χ3n) is 10.3. The number of likely N-dealkylation sites (tertiary alicyclic amines) is 1. The summed E-state index contributed by atoms with van der Waals surface area (Å²) < 4.78 is 6.18. The fourth-order valence-corrected chi connectivity index (χ4v) is 11.6. The van der Waals surface area contributed by atoms with E-state index in [-0.39, 0.29) is 77.5 Å². The first-order valence-corrected chi connectivity index (χ1v) is 17.9. The number of carbonyl (C=O) groups excluding carboxylic acids is 3. The number of anilines is 1. The van der Waals surface area contributed by atoms with Crippen molar-refractivity contribution in [2.45, 2.75) is 35.5 Å². The number of thiazole rings is 1. The molecule has 48 heavy (non-hydrogen) atoms. The normalized spacial score (nSPS) is 26.8. The molecule has 3 amide bonds. The second kappa shape index (κ2) is 12.1. The van der Waals surface area contributed by atoms with E-state index in [0.717, 1.165) is 37.6 Å². The number of imide groups is 1. The lowest BCUT2D eigenvalue weighted by Gasteiger charge is -2.43. The molecule has 3 N–H and O–H groups in total. The molecule has 3 aromatic carbocycles. The molecule has 246 valence electrons. The van der Waals surface area contributed by atoms with Crippen LogP contribution >= 0.6 is 34.7 Å². The van der Waals surface area contributed by atoms with Crippen molar-refractivity contribution < 1.29 is 29.0 Å². The van der Waals surface area contributed by atoms with Gasteiger partial charge in [-0.25, -0.2) is 0 Å². The summed E-state index contributed by atoms with van der Waals surface area (Å²) in [5.41, 5.74) is 1.38. The Bertz CT molecular complexity index is 2060. The third-order valence-corrected chi connectivity index (χ3v) is 13.1. The molecule has 2 aliphatic heterocycles. The number of H-pyrrole nitrogens is 1. The fraction of sp³-hybridized carbons (Fsp3) is 0.343. The zero-order valence-corrected chi connectivity index (χ0v) is 27.8. The molecule has 4 aliphatic rings. The van der Waals surface area contributed by atoms with Crippen molar-refractivity contribution in [1.82, 2.24) is 9.88 Å². The number of carboxylic acids is 1. The zero-order chi connectivity index (χ0) is 33.3. The number of nitrogens with zero attached hydrogens (tertiary/aromatic N) is 1. The monoisotopic (exact) mass is 703 g/mol. The molecule has 13 heteroatoms. The first kappa shape index (κ1) is 31.2. The molecular weight excluding hydrogens is 674 g/mol. The van der Waals surface area contributed by atoms with Crippen LogP contribution in [-0.2, 0) is 19.2 Å². The molecule has 2 bridgehead atoms. The predicted molar refractivity (Wildman–Crippen MR) is 182 cm³/mol. The third kappa shape index (κ3) is 5.21. The lowest BCUT2D eigenvalue weighted by molar-refractivity contribution is -0.142. The second-order valence-electron chi connectivity index (χ2n) is 12.9. The number of hydrogen-bond acceptors (Lipinski definition) is 8. The van der Waals surface area contributed by atoms with Gasteiger partial charge in [-0.05, 0) is 71.7 Å². The minimum absolute atomic E-state index is 0.0437. The van der Waals surface area contributed by atoms with E-state index in [4.69, 9.17) is 21.4 Å². The molecular formula is C35H30ClN3O7S2. The zero-order valence-electron chi connectivity index (χ0n) is 25.4. The molecule has 0 spiro atoms. The Morgan fingerprint density at radius 2 is 1.77 bits per heavy atom. The number of fused-ring (bicyclic) bond motifs is 10. The number of halogens is 1. The van der Waals surface area contributed by atoms with Crippen LogP contribution in [0.3, 0.4) is 0 Å². The van der Waals surface area contributed by atoms with Crippen LogP contribution < -0.4 is 14.9 Å². The van der Waals surface area contributed by atoms with Crippen molar-refractivity contribution in [3.05, 3.63) is 85.8 Å². The summed E-state index contributed by atoms with van der Waals surface area (Å²) in [6.07, 6.45) is 0.800. The van der Waals surface area contributed by atoms with Crippen LogP contribution in [0, 0.1) is 29.6 Å². The number of hydrogen-bond donors (Lipinski definition) is 3. The van der Waals surface area contributed by atoms with Gasteiger partial charge in [-0.1, -0.05) is 53.3 Å². The van der Waals surface area contributed by atoms with Crippen molar-refractivity contribution in [2.24, 2.45) is 29.6 Å². The van der Waals surface area contributed by atoms with Crippen LogP contribution in [-0.4, -0.2) is 57.1 Å². The van der Waals surface area contributed by atoms with E-state index in [2.05, 4.69) is 10.3 Å². The number of carboxylic acid groups (broad SMARTS) is 1. The number of aromatic nitrogens is 1. The van der Waals surface area contributed by atoms with Gasteiger partial charge in [-0.3, -0.25) is 28.9 Å². The van der Waals surface area contributed by atoms with Crippen molar-refractivity contribution in [3.8, 4) is 5.75 Å². The molecule has 10 nitrogen and oxygen atoms in total. The SMILES string of the molecule is O=C(O)CCCN1C(=O)C2C3CC(C2C1=O)C1C3Sc2[nH]c(=O)sc2[C@@H]1c1cc(Cl)ccc1OCC(=O)Nc1ccc2ccccc2c1. The lowest BCUT2D eigenvalue weighted by Crippen LogP contribution is -2.42. The summed E-state index contributed by atoms with van der Waals surface area (Å²) in [5, 5.41) is 15.2. The van der Waals surface area contributed by atoms with E-state index in [1.165, 1.54) is 4.90 Å². The predicted octanol–water partition coefficient (Wildman–Crippen LogP) is 5.60. The van der Waals surface area contributed by atoms with Gasteiger partial charge in [-0.2, -0.15) is 0 Å². The van der Waals surface area contributed by atoms with Gasteiger partial charge in [0, 0.05) is 45.3 Å². The summed E-state index contributed by atoms with van der Waals surface area (Å²) in [7, 11) is 0. The molecule has 7 atom stereocenters. The van der Waals surface area contributed by atoms with E-state index >= 15 is 0 Å². The lowest BCUT2D eigenvalue weighted by atomic mass is 9.68. The van der Waals surface area contributed by atoms with Crippen LogP contribution in [0.5, 0.6) is 5.75 Å². The van der Waals surface area contributed by atoms with Crippen molar-refractivity contribution in [3.63, 3.8) is 0 Å².